The van der Waals surface area contributed by atoms with Gasteiger partial charge >= 0.3 is 0 Å². The molecule has 4 rings (SSSR count). The van der Waals surface area contributed by atoms with E-state index < -0.39 is 0 Å². The lowest BCUT2D eigenvalue weighted by atomic mass is 9.82. The molecule has 1 aliphatic heterocycles. The lowest BCUT2D eigenvalue weighted by molar-refractivity contribution is -0.440. The number of carbonyl (C=O) groups excluding carboxylic acids is 1. The average Bonchev–Trinajstić information content (AvgIpc) is 3.19. The van der Waals surface area contributed by atoms with E-state index in [4.69, 9.17) is 4.74 Å². The molecule has 162 valence electrons. The van der Waals surface area contributed by atoms with E-state index in [0.29, 0.717) is 30.8 Å². The molecule has 2 unspecified atom stereocenters. The van der Waals surface area contributed by atoms with Crippen LogP contribution in [0.1, 0.15) is 54.1 Å². The fourth-order valence-electron chi connectivity index (χ4n) is 4.76. The van der Waals surface area contributed by atoms with Gasteiger partial charge in [0.2, 0.25) is 0 Å². The molecule has 6 nitrogen and oxygen atoms in total. The molecule has 0 radical (unpaired) electrons. The summed E-state index contributed by atoms with van der Waals surface area (Å²) in [6, 6.07) is 7.28. The molecule has 0 spiro atoms. The van der Waals surface area contributed by atoms with Crippen molar-refractivity contribution < 1.29 is 19.7 Å². The van der Waals surface area contributed by atoms with Crippen LogP contribution in [-0.2, 0) is 11.8 Å². The Morgan fingerprint density at radius 3 is 2.77 bits per heavy atom. The molecule has 2 heterocycles. The van der Waals surface area contributed by atoms with Crippen molar-refractivity contribution in [3.8, 4) is 0 Å². The fourth-order valence-corrected chi connectivity index (χ4v) is 4.76. The Labute approximate surface area is 177 Å². The second-order valence-electron chi connectivity index (χ2n) is 8.81. The van der Waals surface area contributed by atoms with Gasteiger partial charge in [0.1, 0.15) is 11.5 Å². The third-order valence-corrected chi connectivity index (χ3v) is 6.75. The maximum atomic E-state index is 13.5. The first-order valence-electron chi connectivity index (χ1n) is 11.0. The zero-order chi connectivity index (χ0) is 21.1. The fraction of sp³-hybridized carbons (Fsp3) is 0.565. The first-order valence-corrected chi connectivity index (χ1v) is 11.0. The van der Waals surface area contributed by atoms with Crippen LogP contribution in [0.3, 0.4) is 0 Å². The SMILES string of the molecule is Cn1cncc1C(=O)N1CCC([NH3+])C(COC2CCC(c3cccc(F)c3)CC2)C1. The van der Waals surface area contributed by atoms with E-state index in [0.717, 1.165) is 44.2 Å². The molecule has 2 aliphatic rings. The zero-order valence-corrected chi connectivity index (χ0v) is 17.7. The summed E-state index contributed by atoms with van der Waals surface area (Å²) in [6.07, 6.45) is 8.45. The maximum absolute atomic E-state index is 13.5. The van der Waals surface area contributed by atoms with Gasteiger partial charge in [-0.05, 0) is 49.3 Å². The first kappa shape index (κ1) is 21.0. The summed E-state index contributed by atoms with van der Waals surface area (Å²) < 4.78 is 21.5. The van der Waals surface area contributed by atoms with Crippen LogP contribution in [0.5, 0.6) is 0 Å². The Morgan fingerprint density at radius 1 is 1.27 bits per heavy atom. The van der Waals surface area contributed by atoms with Crippen molar-refractivity contribution in [3.05, 3.63) is 53.9 Å². The summed E-state index contributed by atoms with van der Waals surface area (Å²) in [5, 5.41) is 0. The normalized spacial score (nSPS) is 27.2. The van der Waals surface area contributed by atoms with Crippen LogP contribution in [0.2, 0.25) is 0 Å². The minimum Gasteiger partial charge on any atom is -0.378 e. The molecule has 1 amide bonds. The van der Waals surface area contributed by atoms with Gasteiger partial charge in [-0.15, -0.1) is 0 Å². The number of halogens is 1. The van der Waals surface area contributed by atoms with E-state index in [2.05, 4.69) is 10.7 Å². The van der Waals surface area contributed by atoms with Crippen LogP contribution in [0, 0.1) is 11.7 Å². The van der Waals surface area contributed by atoms with Crippen LogP contribution in [0.25, 0.3) is 0 Å². The number of nitrogens with zero attached hydrogens (tertiary/aromatic N) is 3. The van der Waals surface area contributed by atoms with E-state index in [1.165, 1.54) is 6.07 Å². The molecule has 2 atom stereocenters. The Balaban J connectivity index is 1.27. The van der Waals surface area contributed by atoms with E-state index in [9.17, 15) is 9.18 Å². The van der Waals surface area contributed by atoms with Crippen molar-refractivity contribution in [3.63, 3.8) is 0 Å². The van der Waals surface area contributed by atoms with Gasteiger partial charge in [-0.25, -0.2) is 9.37 Å². The van der Waals surface area contributed by atoms with Crippen molar-refractivity contribution in [2.75, 3.05) is 19.7 Å². The van der Waals surface area contributed by atoms with Gasteiger partial charge in [0.15, 0.2) is 0 Å². The lowest BCUT2D eigenvalue weighted by Crippen LogP contribution is -2.69. The van der Waals surface area contributed by atoms with Crippen LogP contribution in [0.4, 0.5) is 4.39 Å². The lowest BCUT2D eigenvalue weighted by Gasteiger charge is -2.36. The standard InChI is InChI=1S/C23H31FN4O2/c1-27-15-26-12-22(27)23(29)28-10-9-21(25)18(13-28)14-30-20-7-5-16(6-8-20)17-3-2-4-19(24)11-17/h2-4,11-12,15-16,18,20-21H,5-10,13-14,25H2,1H3/p+1. The molecule has 7 heteroatoms. The summed E-state index contributed by atoms with van der Waals surface area (Å²) in [6.45, 7) is 2.04. The molecule has 30 heavy (non-hydrogen) atoms. The number of hydrogen-bond donors (Lipinski definition) is 1. The maximum Gasteiger partial charge on any atom is 0.272 e. The number of carbonyl (C=O) groups is 1. The van der Waals surface area contributed by atoms with Crippen LogP contribution < -0.4 is 5.73 Å². The highest BCUT2D eigenvalue weighted by Crippen LogP contribution is 2.34. The molecule has 2 aromatic rings. The Hall–Kier alpha value is -2.25. The molecule has 3 N–H and O–H groups in total. The molecular weight excluding hydrogens is 383 g/mol. The number of benzene rings is 1. The molecule has 1 aliphatic carbocycles. The summed E-state index contributed by atoms with van der Waals surface area (Å²) >= 11 is 0. The predicted molar refractivity (Wildman–Crippen MR) is 111 cm³/mol. The van der Waals surface area contributed by atoms with Gasteiger partial charge in [0, 0.05) is 26.6 Å². The minimum atomic E-state index is -0.158. The van der Waals surface area contributed by atoms with E-state index in [-0.39, 0.29) is 23.7 Å². The first-order chi connectivity index (χ1) is 14.5. The molecular formula is C23H32FN4O2+. The van der Waals surface area contributed by atoms with Gasteiger partial charge < -0.3 is 19.9 Å². The Morgan fingerprint density at radius 2 is 2.07 bits per heavy atom. The van der Waals surface area contributed by atoms with Crippen LogP contribution in [0.15, 0.2) is 36.8 Å². The number of likely N-dealkylation sites (tertiary alicyclic amines) is 1. The monoisotopic (exact) mass is 415 g/mol. The quantitative estimate of drug-likeness (QED) is 0.815. The smallest absolute Gasteiger partial charge is 0.272 e. The summed E-state index contributed by atoms with van der Waals surface area (Å²) in [5.41, 5.74) is 6.02. The highest BCUT2D eigenvalue weighted by Gasteiger charge is 2.34. The number of ether oxygens (including phenoxy) is 1. The largest absolute Gasteiger partial charge is 0.378 e. The van der Waals surface area contributed by atoms with Gasteiger partial charge in [-0.2, -0.15) is 0 Å². The molecule has 1 aromatic carbocycles. The predicted octanol–water partition coefficient (Wildman–Crippen LogP) is 2.37. The summed E-state index contributed by atoms with van der Waals surface area (Å²) in [5.74, 6) is 0.539. The second-order valence-corrected chi connectivity index (χ2v) is 8.81. The summed E-state index contributed by atoms with van der Waals surface area (Å²) in [7, 11) is 1.84. The van der Waals surface area contributed by atoms with Crippen molar-refractivity contribution >= 4 is 5.91 Å². The zero-order valence-electron chi connectivity index (χ0n) is 17.7. The summed E-state index contributed by atoms with van der Waals surface area (Å²) in [4.78, 5) is 18.8. The third-order valence-electron chi connectivity index (χ3n) is 6.75. The minimum absolute atomic E-state index is 0.0301. The van der Waals surface area contributed by atoms with Crippen LogP contribution >= 0.6 is 0 Å². The number of quaternary nitrogens is 1. The van der Waals surface area contributed by atoms with Crippen molar-refractivity contribution in [1.82, 2.24) is 14.5 Å². The molecule has 2 fully saturated rings. The van der Waals surface area contributed by atoms with Crippen LogP contribution in [-0.4, -0.2) is 52.2 Å². The highest BCUT2D eigenvalue weighted by molar-refractivity contribution is 5.92. The van der Waals surface area contributed by atoms with Crippen molar-refractivity contribution in [1.29, 1.82) is 0 Å². The van der Waals surface area contributed by atoms with E-state index in [1.807, 2.05) is 18.0 Å². The molecule has 1 saturated heterocycles. The highest BCUT2D eigenvalue weighted by atomic mass is 19.1. The topological polar surface area (TPSA) is 75.0 Å². The second kappa shape index (κ2) is 9.27. The van der Waals surface area contributed by atoms with E-state index in [1.54, 1.807) is 29.2 Å². The van der Waals surface area contributed by atoms with Crippen molar-refractivity contribution in [2.24, 2.45) is 13.0 Å². The number of imidazole rings is 1. The Kier molecular flexibility index (Phi) is 6.49. The van der Waals surface area contributed by atoms with Gasteiger partial charge in [-0.3, -0.25) is 4.79 Å². The average molecular weight is 416 g/mol. The number of rotatable bonds is 5. The van der Waals surface area contributed by atoms with Gasteiger partial charge in [-0.1, -0.05) is 12.1 Å². The van der Waals surface area contributed by atoms with Gasteiger partial charge in [0.05, 0.1) is 37.2 Å². The van der Waals surface area contributed by atoms with Crippen molar-refractivity contribution in [2.45, 2.75) is 50.2 Å². The Bertz CT molecular complexity index is 862. The number of hydrogen-bond acceptors (Lipinski definition) is 3. The molecule has 1 aromatic heterocycles. The molecule has 0 bridgehead atoms. The van der Waals surface area contributed by atoms with Gasteiger partial charge in [0.25, 0.3) is 5.91 Å². The third kappa shape index (κ3) is 4.73. The number of amides is 1. The number of aryl methyl sites for hydroxylation is 1. The van der Waals surface area contributed by atoms with E-state index >= 15 is 0 Å². The number of aromatic nitrogens is 2. The number of piperidine rings is 1. The molecule has 1 saturated carbocycles.